The third-order valence-corrected chi connectivity index (χ3v) is 4.40. The first-order chi connectivity index (χ1) is 9.19. The van der Waals surface area contributed by atoms with E-state index in [2.05, 4.69) is 43.1 Å². The second kappa shape index (κ2) is 7.06. The molecule has 1 fully saturated rings. The molecule has 0 aliphatic heterocycles. The highest BCUT2D eigenvalue weighted by Crippen LogP contribution is 2.25. The molecule has 0 bridgehead atoms. The van der Waals surface area contributed by atoms with Crippen LogP contribution in [0.2, 0.25) is 0 Å². The average molecular weight is 260 g/mol. The maximum absolute atomic E-state index is 5.71. The van der Waals surface area contributed by atoms with Crippen molar-refractivity contribution in [1.82, 2.24) is 4.90 Å². The monoisotopic (exact) mass is 260 g/mol. The Labute approximate surface area is 118 Å². The van der Waals surface area contributed by atoms with Crippen molar-refractivity contribution in [3.05, 3.63) is 35.4 Å². The van der Waals surface area contributed by atoms with E-state index in [0.717, 1.165) is 19.0 Å². The summed E-state index contributed by atoms with van der Waals surface area (Å²) in [5, 5.41) is 0. The third kappa shape index (κ3) is 4.32. The summed E-state index contributed by atoms with van der Waals surface area (Å²) >= 11 is 0. The number of nitrogens with zero attached hydrogens (tertiary/aromatic N) is 1. The summed E-state index contributed by atoms with van der Waals surface area (Å²) < 4.78 is 0. The second-order valence-corrected chi connectivity index (χ2v) is 6.23. The fraction of sp³-hybridized carbons (Fsp3) is 0.647. The van der Waals surface area contributed by atoms with E-state index in [1.165, 1.54) is 43.4 Å². The molecule has 1 atom stereocenters. The molecule has 1 aromatic carbocycles. The zero-order chi connectivity index (χ0) is 13.7. The normalized spacial score (nSPS) is 18.1. The Morgan fingerprint density at radius 2 is 1.84 bits per heavy atom. The van der Waals surface area contributed by atoms with Crippen LogP contribution < -0.4 is 5.73 Å². The first kappa shape index (κ1) is 14.5. The maximum Gasteiger partial charge on any atom is 0.0230 e. The van der Waals surface area contributed by atoms with E-state index in [-0.39, 0.29) is 0 Å². The summed E-state index contributed by atoms with van der Waals surface area (Å²) in [7, 11) is 2.24. The molecule has 0 amide bonds. The molecule has 19 heavy (non-hydrogen) atoms. The van der Waals surface area contributed by atoms with Crippen molar-refractivity contribution in [1.29, 1.82) is 0 Å². The van der Waals surface area contributed by atoms with Gasteiger partial charge in [-0.3, -0.25) is 0 Å². The molecule has 1 saturated carbocycles. The van der Waals surface area contributed by atoms with Crippen LogP contribution >= 0.6 is 0 Å². The van der Waals surface area contributed by atoms with E-state index in [1.54, 1.807) is 0 Å². The minimum absolute atomic E-state index is 0.463. The van der Waals surface area contributed by atoms with E-state index in [9.17, 15) is 0 Å². The van der Waals surface area contributed by atoms with Crippen molar-refractivity contribution >= 4 is 0 Å². The number of nitrogens with two attached hydrogens (primary N) is 1. The third-order valence-electron chi connectivity index (χ3n) is 4.40. The second-order valence-electron chi connectivity index (χ2n) is 6.23. The number of hydrogen-bond donors (Lipinski definition) is 1. The predicted octanol–water partition coefficient (Wildman–Crippen LogP) is 3.37. The predicted molar refractivity (Wildman–Crippen MR) is 82.2 cm³/mol. The van der Waals surface area contributed by atoms with Gasteiger partial charge in [0.1, 0.15) is 0 Å². The quantitative estimate of drug-likeness (QED) is 0.849. The molecule has 2 rings (SSSR count). The maximum atomic E-state index is 5.71. The Bertz CT molecular complexity index is 365. The minimum Gasteiger partial charge on any atom is -0.330 e. The van der Waals surface area contributed by atoms with Gasteiger partial charge in [-0.25, -0.2) is 0 Å². The Morgan fingerprint density at radius 1 is 1.21 bits per heavy atom. The van der Waals surface area contributed by atoms with Crippen LogP contribution in [-0.4, -0.2) is 25.0 Å². The van der Waals surface area contributed by atoms with Crippen LogP contribution in [0.4, 0.5) is 0 Å². The SMILES string of the molecule is CC(CN)c1ccc(CN(C)CC2CCCC2)cc1. The van der Waals surface area contributed by atoms with Crippen molar-refractivity contribution in [3.63, 3.8) is 0 Å². The standard InChI is InChI=1S/C17H28N2/c1-14(11-18)17-9-7-16(8-10-17)13-19(2)12-15-5-3-4-6-15/h7-10,14-15H,3-6,11-13,18H2,1-2H3. The highest BCUT2D eigenvalue weighted by Gasteiger charge is 2.16. The molecule has 1 aliphatic rings. The van der Waals surface area contributed by atoms with E-state index < -0.39 is 0 Å². The van der Waals surface area contributed by atoms with Gasteiger partial charge in [0.05, 0.1) is 0 Å². The molecule has 2 N–H and O–H groups in total. The Morgan fingerprint density at radius 3 is 2.42 bits per heavy atom. The molecule has 1 aromatic rings. The lowest BCUT2D eigenvalue weighted by atomic mass is 10.00. The molecule has 0 heterocycles. The highest BCUT2D eigenvalue weighted by molar-refractivity contribution is 5.25. The highest BCUT2D eigenvalue weighted by atomic mass is 15.1. The van der Waals surface area contributed by atoms with Crippen molar-refractivity contribution in [2.45, 2.75) is 45.1 Å². The lowest BCUT2D eigenvalue weighted by Crippen LogP contribution is -2.24. The van der Waals surface area contributed by atoms with Crippen LogP contribution in [0.1, 0.15) is 49.7 Å². The molecule has 2 nitrogen and oxygen atoms in total. The molecule has 0 aromatic heterocycles. The number of benzene rings is 1. The largest absolute Gasteiger partial charge is 0.330 e. The number of rotatable bonds is 6. The van der Waals surface area contributed by atoms with Gasteiger partial charge < -0.3 is 10.6 Å². The van der Waals surface area contributed by atoms with Crippen LogP contribution in [0.5, 0.6) is 0 Å². The molecule has 1 unspecified atom stereocenters. The van der Waals surface area contributed by atoms with Crippen LogP contribution in [-0.2, 0) is 6.54 Å². The van der Waals surface area contributed by atoms with E-state index in [1.807, 2.05) is 0 Å². The molecule has 2 heteroatoms. The zero-order valence-corrected chi connectivity index (χ0v) is 12.4. The first-order valence-corrected chi connectivity index (χ1v) is 7.66. The topological polar surface area (TPSA) is 29.3 Å². The lowest BCUT2D eigenvalue weighted by Gasteiger charge is -2.21. The fourth-order valence-corrected chi connectivity index (χ4v) is 3.10. The van der Waals surface area contributed by atoms with E-state index in [0.29, 0.717) is 5.92 Å². The molecular formula is C17H28N2. The summed E-state index contributed by atoms with van der Waals surface area (Å²) in [6, 6.07) is 8.98. The van der Waals surface area contributed by atoms with Gasteiger partial charge in [-0.15, -0.1) is 0 Å². The van der Waals surface area contributed by atoms with Crippen molar-refractivity contribution in [3.8, 4) is 0 Å². The molecule has 0 radical (unpaired) electrons. The summed E-state index contributed by atoms with van der Waals surface area (Å²) in [6.07, 6.45) is 5.73. The smallest absolute Gasteiger partial charge is 0.0230 e. The van der Waals surface area contributed by atoms with Crippen LogP contribution in [0, 0.1) is 5.92 Å². The van der Waals surface area contributed by atoms with E-state index >= 15 is 0 Å². The minimum atomic E-state index is 0.463. The summed E-state index contributed by atoms with van der Waals surface area (Å²) in [5.74, 6) is 1.40. The van der Waals surface area contributed by atoms with Gasteiger partial charge in [0.15, 0.2) is 0 Å². The van der Waals surface area contributed by atoms with Gasteiger partial charge in [-0.2, -0.15) is 0 Å². The Kier molecular flexibility index (Phi) is 5.41. The molecule has 0 saturated heterocycles. The summed E-state index contributed by atoms with van der Waals surface area (Å²) in [6.45, 7) is 5.22. The van der Waals surface area contributed by atoms with Crippen LogP contribution in [0.15, 0.2) is 24.3 Å². The Balaban J connectivity index is 1.84. The van der Waals surface area contributed by atoms with Crippen molar-refractivity contribution in [2.24, 2.45) is 11.7 Å². The first-order valence-electron chi connectivity index (χ1n) is 7.66. The van der Waals surface area contributed by atoms with Gasteiger partial charge in [0.2, 0.25) is 0 Å². The molecular weight excluding hydrogens is 232 g/mol. The van der Waals surface area contributed by atoms with Gasteiger partial charge >= 0.3 is 0 Å². The van der Waals surface area contributed by atoms with Crippen LogP contribution in [0.3, 0.4) is 0 Å². The average Bonchev–Trinajstić information content (AvgIpc) is 2.91. The fourth-order valence-electron chi connectivity index (χ4n) is 3.10. The van der Waals surface area contributed by atoms with Gasteiger partial charge in [-0.1, -0.05) is 44.0 Å². The van der Waals surface area contributed by atoms with Gasteiger partial charge in [-0.05, 0) is 49.4 Å². The van der Waals surface area contributed by atoms with Crippen molar-refractivity contribution < 1.29 is 0 Å². The number of hydrogen-bond acceptors (Lipinski definition) is 2. The lowest BCUT2D eigenvalue weighted by molar-refractivity contribution is 0.271. The van der Waals surface area contributed by atoms with Crippen LogP contribution in [0.25, 0.3) is 0 Å². The zero-order valence-electron chi connectivity index (χ0n) is 12.4. The Hall–Kier alpha value is -0.860. The van der Waals surface area contributed by atoms with Crippen molar-refractivity contribution in [2.75, 3.05) is 20.1 Å². The summed E-state index contributed by atoms with van der Waals surface area (Å²) in [5.41, 5.74) is 8.47. The van der Waals surface area contributed by atoms with Gasteiger partial charge in [0.25, 0.3) is 0 Å². The van der Waals surface area contributed by atoms with Gasteiger partial charge in [0, 0.05) is 13.1 Å². The van der Waals surface area contributed by atoms with E-state index in [4.69, 9.17) is 5.73 Å². The molecule has 0 spiro atoms. The molecule has 1 aliphatic carbocycles. The summed E-state index contributed by atoms with van der Waals surface area (Å²) in [4.78, 5) is 2.47. The molecule has 106 valence electrons.